The van der Waals surface area contributed by atoms with E-state index in [1.54, 1.807) is 17.0 Å². The van der Waals surface area contributed by atoms with Gasteiger partial charge in [0.05, 0.1) is 28.2 Å². The molecule has 15 nitrogen and oxygen atoms in total. The summed E-state index contributed by atoms with van der Waals surface area (Å²) in [5.74, 6) is 0.365. The van der Waals surface area contributed by atoms with Crippen LogP contribution in [0, 0.1) is 23.0 Å². The normalized spacial score (nSPS) is 13.6. The maximum absolute atomic E-state index is 12.9. The number of nitro groups is 1. The SMILES string of the molecule is CCn1nc(C)cc1Nc1nc2cc(C(N)=O)ccc2n1CCC1CCN(C(=O)CNc2ccc(C(N)=O)cc2[N+](=O)[O-])CC1. The van der Waals surface area contributed by atoms with E-state index in [4.69, 9.17) is 16.5 Å². The van der Waals surface area contributed by atoms with Crippen LogP contribution in [0.25, 0.3) is 11.0 Å². The molecule has 0 saturated carbocycles. The number of carbonyl (C=O) groups excluding carboxylic acids is 3. The number of piperidine rings is 1. The number of aryl methyl sites for hydroxylation is 3. The lowest BCUT2D eigenvalue weighted by Crippen LogP contribution is -2.41. The van der Waals surface area contributed by atoms with Crippen LogP contribution in [0.3, 0.4) is 0 Å². The van der Waals surface area contributed by atoms with Crippen molar-refractivity contribution in [1.82, 2.24) is 24.2 Å². The van der Waals surface area contributed by atoms with E-state index in [1.807, 2.05) is 30.7 Å². The van der Waals surface area contributed by atoms with Crippen LogP contribution in [-0.4, -0.2) is 66.5 Å². The van der Waals surface area contributed by atoms with Crippen molar-refractivity contribution >= 4 is 51.9 Å². The molecule has 0 aliphatic carbocycles. The molecule has 1 saturated heterocycles. The fourth-order valence-corrected chi connectivity index (χ4v) is 5.66. The average molecular weight is 617 g/mol. The van der Waals surface area contributed by atoms with Crippen molar-refractivity contribution in [3.63, 3.8) is 0 Å². The molecule has 0 bridgehead atoms. The lowest BCUT2D eigenvalue weighted by Gasteiger charge is -2.32. The quantitative estimate of drug-likeness (QED) is 0.136. The van der Waals surface area contributed by atoms with Crippen molar-refractivity contribution in [2.24, 2.45) is 17.4 Å². The fraction of sp³-hybridized carbons (Fsp3) is 0.367. The average Bonchev–Trinajstić information content (AvgIpc) is 3.56. The summed E-state index contributed by atoms with van der Waals surface area (Å²) in [4.78, 5) is 53.5. The maximum atomic E-state index is 12.9. The standard InChI is InChI=1S/C30H36N10O5/c1-3-39-26(14-18(2)36-39)35-30-34-23-15-20(28(31)42)5-7-24(23)38(30)13-10-19-8-11-37(12-9-19)27(41)17-33-22-6-4-21(29(32)43)16-25(22)40(44)45/h4-7,14-16,19,33H,3,8-13,17H2,1-2H3,(H2,31,42)(H2,32,43)(H,34,35). The van der Waals surface area contributed by atoms with Crippen molar-refractivity contribution in [3.8, 4) is 0 Å². The van der Waals surface area contributed by atoms with E-state index < -0.39 is 16.7 Å². The smallest absolute Gasteiger partial charge is 0.293 e. The predicted molar refractivity (Wildman–Crippen MR) is 168 cm³/mol. The summed E-state index contributed by atoms with van der Waals surface area (Å²) in [7, 11) is 0. The molecule has 2 aromatic heterocycles. The number of amides is 3. The molecule has 0 atom stereocenters. The third kappa shape index (κ3) is 6.87. The second-order valence-electron chi connectivity index (χ2n) is 11.1. The highest BCUT2D eigenvalue weighted by Crippen LogP contribution is 2.29. The van der Waals surface area contributed by atoms with Gasteiger partial charge in [-0.2, -0.15) is 5.10 Å². The van der Waals surface area contributed by atoms with Gasteiger partial charge in [-0.15, -0.1) is 0 Å². The molecular weight excluding hydrogens is 580 g/mol. The first-order valence-corrected chi connectivity index (χ1v) is 14.8. The van der Waals surface area contributed by atoms with Gasteiger partial charge in [0, 0.05) is 49.4 Å². The Balaban J connectivity index is 1.22. The van der Waals surface area contributed by atoms with E-state index in [-0.39, 0.29) is 29.4 Å². The van der Waals surface area contributed by atoms with Crippen LogP contribution >= 0.6 is 0 Å². The number of nitrogens with one attached hydrogen (secondary N) is 2. The highest BCUT2D eigenvalue weighted by Gasteiger charge is 2.25. The second kappa shape index (κ2) is 13.0. The van der Waals surface area contributed by atoms with E-state index in [0.29, 0.717) is 49.1 Å². The Kier molecular flexibility index (Phi) is 8.97. The number of fused-ring (bicyclic) bond motifs is 1. The minimum atomic E-state index is -0.770. The van der Waals surface area contributed by atoms with Gasteiger partial charge in [0.2, 0.25) is 23.7 Å². The number of benzene rings is 2. The van der Waals surface area contributed by atoms with Gasteiger partial charge < -0.3 is 31.6 Å². The Morgan fingerprint density at radius 1 is 1.04 bits per heavy atom. The molecule has 5 rings (SSSR count). The Bertz CT molecular complexity index is 1770. The number of anilines is 3. The van der Waals surface area contributed by atoms with Crippen molar-refractivity contribution in [2.45, 2.75) is 46.2 Å². The van der Waals surface area contributed by atoms with E-state index >= 15 is 0 Å². The summed E-state index contributed by atoms with van der Waals surface area (Å²) in [6.45, 7) is 6.32. The van der Waals surface area contributed by atoms with Crippen molar-refractivity contribution < 1.29 is 19.3 Å². The van der Waals surface area contributed by atoms with Crippen LogP contribution in [0.15, 0.2) is 42.5 Å². The molecule has 236 valence electrons. The van der Waals surface area contributed by atoms with E-state index in [9.17, 15) is 24.5 Å². The molecule has 4 aromatic rings. The summed E-state index contributed by atoms with van der Waals surface area (Å²) < 4.78 is 3.96. The summed E-state index contributed by atoms with van der Waals surface area (Å²) in [5, 5.41) is 22.2. The van der Waals surface area contributed by atoms with Gasteiger partial charge in [-0.05, 0) is 69.4 Å². The highest BCUT2D eigenvalue weighted by atomic mass is 16.6. The molecule has 6 N–H and O–H groups in total. The number of hydrogen-bond donors (Lipinski definition) is 4. The first kappa shape index (κ1) is 31.0. The van der Waals surface area contributed by atoms with Crippen LogP contribution < -0.4 is 22.1 Å². The number of nitro benzene ring substituents is 1. The zero-order valence-corrected chi connectivity index (χ0v) is 25.2. The van der Waals surface area contributed by atoms with Crippen LogP contribution in [0.1, 0.15) is 52.6 Å². The monoisotopic (exact) mass is 616 g/mol. The van der Waals surface area contributed by atoms with Crippen LogP contribution in [0.4, 0.5) is 23.1 Å². The molecule has 1 aliphatic rings. The molecule has 1 fully saturated rings. The minimum Gasteiger partial charge on any atom is -0.371 e. The lowest BCUT2D eigenvalue weighted by atomic mass is 9.93. The van der Waals surface area contributed by atoms with Crippen molar-refractivity contribution in [2.75, 3.05) is 30.3 Å². The molecule has 0 unspecified atom stereocenters. The molecule has 0 radical (unpaired) electrons. The topological polar surface area (TPSA) is 209 Å². The van der Waals surface area contributed by atoms with Crippen LogP contribution in [0.2, 0.25) is 0 Å². The zero-order valence-electron chi connectivity index (χ0n) is 25.2. The van der Waals surface area contributed by atoms with Gasteiger partial charge in [0.25, 0.3) is 5.69 Å². The molecule has 0 spiro atoms. The number of primary amides is 2. The molecular formula is C30H36N10O5. The number of hydrogen-bond acceptors (Lipinski definition) is 9. The van der Waals surface area contributed by atoms with Crippen molar-refractivity contribution in [3.05, 3.63) is 69.4 Å². The first-order chi connectivity index (χ1) is 21.5. The summed E-state index contributed by atoms with van der Waals surface area (Å²) >= 11 is 0. The molecule has 3 heterocycles. The number of imidazole rings is 1. The van der Waals surface area contributed by atoms with Crippen LogP contribution in [-0.2, 0) is 17.9 Å². The lowest BCUT2D eigenvalue weighted by molar-refractivity contribution is -0.384. The largest absolute Gasteiger partial charge is 0.371 e. The number of nitrogens with two attached hydrogens (primary N) is 2. The van der Waals surface area contributed by atoms with E-state index in [0.717, 1.165) is 42.4 Å². The van der Waals surface area contributed by atoms with Gasteiger partial charge in [-0.1, -0.05) is 0 Å². The highest BCUT2D eigenvalue weighted by molar-refractivity contribution is 5.97. The molecule has 3 amide bonds. The predicted octanol–water partition coefficient (Wildman–Crippen LogP) is 3.15. The Morgan fingerprint density at radius 2 is 1.73 bits per heavy atom. The van der Waals surface area contributed by atoms with Gasteiger partial charge in [-0.25, -0.2) is 9.67 Å². The van der Waals surface area contributed by atoms with E-state index in [2.05, 4.69) is 20.3 Å². The van der Waals surface area contributed by atoms with Gasteiger partial charge in [-0.3, -0.25) is 24.5 Å². The Labute approximate surface area is 258 Å². The van der Waals surface area contributed by atoms with Gasteiger partial charge in [0.15, 0.2) is 0 Å². The number of aromatic nitrogens is 4. The molecule has 45 heavy (non-hydrogen) atoms. The summed E-state index contributed by atoms with van der Waals surface area (Å²) in [5.41, 5.74) is 13.4. The third-order valence-corrected chi connectivity index (χ3v) is 8.11. The summed E-state index contributed by atoms with van der Waals surface area (Å²) in [6.07, 6.45) is 2.47. The Hall–Kier alpha value is -5.47. The van der Waals surface area contributed by atoms with Crippen molar-refractivity contribution in [1.29, 1.82) is 0 Å². The Morgan fingerprint density at radius 3 is 2.40 bits per heavy atom. The van der Waals surface area contributed by atoms with E-state index in [1.165, 1.54) is 12.1 Å². The fourth-order valence-electron chi connectivity index (χ4n) is 5.66. The first-order valence-electron chi connectivity index (χ1n) is 14.8. The zero-order chi connectivity index (χ0) is 32.2. The molecule has 1 aliphatic heterocycles. The number of carbonyl (C=O) groups is 3. The third-order valence-electron chi connectivity index (χ3n) is 8.11. The summed E-state index contributed by atoms with van der Waals surface area (Å²) in [6, 6.07) is 11.1. The maximum Gasteiger partial charge on any atom is 0.293 e. The van der Waals surface area contributed by atoms with Crippen LogP contribution in [0.5, 0.6) is 0 Å². The number of nitrogens with zero attached hydrogens (tertiary/aromatic N) is 6. The second-order valence-corrected chi connectivity index (χ2v) is 11.1. The minimum absolute atomic E-state index is 0.0188. The molecule has 2 aromatic carbocycles. The molecule has 15 heteroatoms. The van der Waals surface area contributed by atoms with Gasteiger partial charge >= 0.3 is 0 Å². The number of likely N-dealkylation sites (tertiary alicyclic amines) is 1. The van der Waals surface area contributed by atoms with Gasteiger partial charge in [0.1, 0.15) is 11.5 Å². The number of rotatable bonds is 12.